The Balaban J connectivity index is 2.35. The zero-order valence-corrected chi connectivity index (χ0v) is 8.84. The summed E-state index contributed by atoms with van der Waals surface area (Å²) in [5.74, 6) is 0.829. The number of aliphatic hydroxyl groups excluding tert-OH is 1. The van der Waals surface area contributed by atoms with Crippen LogP contribution in [0.25, 0.3) is 0 Å². The maximum absolute atomic E-state index is 9.28. The van der Waals surface area contributed by atoms with Gasteiger partial charge in [0, 0.05) is 7.11 Å². The van der Waals surface area contributed by atoms with Gasteiger partial charge in [0.05, 0.1) is 18.2 Å². The molecule has 3 nitrogen and oxygen atoms in total. The first kappa shape index (κ1) is 11.0. The molecule has 0 saturated heterocycles. The van der Waals surface area contributed by atoms with Crippen molar-refractivity contribution in [1.29, 1.82) is 0 Å². The van der Waals surface area contributed by atoms with Gasteiger partial charge >= 0.3 is 0 Å². The predicted octanol–water partition coefficient (Wildman–Crippen LogP) is 0.772. The molecule has 0 aliphatic heterocycles. The molecule has 0 aromatic carbocycles. The van der Waals surface area contributed by atoms with Crippen LogP contribution >= 0.6 is 0 Å². The fourth-order valence-electron chi connectivity index (χ4n) is 1.29. The Hall–Kier alpha value is -0.120. The summed E-state index contributed by atoms with van der Waals surface area (Å²) in [6.07, 6.45) is 2.70. The fraction of sp³-hybridized carbons (Fsp3) is 1.00. The molecule has 1 fully saturated rings. The average molecular weight is 187 g/mol. The van der Waals surface area contributed by atoms with Crippen LogP contribution in [0.3, 0.4) is 0 Å². The summed E-state index contributed by atoms with van der Waals surface area (Å²) in [5, 5.41) is 12.7. The Morgan fingerprint density at radius 1 is 1.62 bits per heavy atom. The lowest BCUT2D eigenvalue weighted by atomic mass is 9.96. The smallest absolute Gasteiger partial charge is 0.0744 e. The normalized spacial score (nSPS) is 24.0. The summed E-state index contributed by atoms with van der Waals surface area (Å²) in [7, 11) is 1.68. The molecule has 3 heteroatoms. The monoisotopic (exact) mass is 187 g/mol. The number of hydrogen-bond acceptors (Lipinski definition) is 3. The van der Waals surface area contributed by atoms with E-state index in [0.717, 1.165) is 12.5 Å². The first-order valence-corrected chi connectivity index (χ1v) is 5.01. The van der Waals surface area contributed by atoms with E-state index < -0.39 is 0 Å². The molecule has 2 atom stereocenters. The molecule has 1 aliphatic carbocycles. The van der Waals surface area contributed by atoms with Crippen LogP contribution in [0, 0.1) is 5.92 Å². The summed E-state index contributed by atoms with van der Waals surface area (Å²) in [5.41, 5.74) is -0.294. The van der Waals surface area contributed by atoms with Crippen LogP contribution in [0.1, 0.15) is 26.7 Å². The quantitative estimate of drug-likeness (QED) is 0.645. The molecule has 0 amide bonds. The molecule has 78 valence electrons. The van der Waals surface area contributed by atoms with Gasteiger partial charge in [-0.15, -0.1) is 0 Å². The van der Waals surface area contributed by atoms with Crippen molar-refractivity contribution in [2.24, 2.45) is 5.92 Å². The highest BCUT2D eigenvalue weighted by atomic mass is 16.5. The number of ether oxygens (including phenoxy) is 1. The zero-order chi connectivity index (χ0) is 9.90. The summed E-state index contributed by atoms with van der Waals surface area (Å²) in [6, 6.07) is 0. The number of rotatable bonds is 6. The van der Waals surface area contributed by atoms with Crippen molar-refractivity contribution in [1.82, 2.24) is 5.32 Å². The SMILES string of the molecule is COC(C)C(C)(CO)NCC1CC1. The van der Waals surface area contributed by atoms with E-state index in [1.165, 1.54) is 12.8 Å². The Morgan fingerprint density at radius 3 is 2.62 bits per heavy atom. The Morgan fingerprint density at radius 2 is 2.23 bits per heavy atom. The van der Waals surface area contributed by atoms with Crippen molar-refractivity contribution in [3.8, 4) is 0 Å². The van der Waals surface area contributed by atoms with Crippen molar-refractivity contribution in [2.45, 2.75) is 38.3 Å². The Bertz CT molecular complexity index is 159. The van der Waals surface area contributed by atoms with Gasteiger partial charge in [-0.25, -0.2) is 0 Å². The highest BCUT2D eigenvalue weighted by Gasteiger charge is 2.32. The maximum Gasteiger partial charge on any atom is 0.0744 e. The predicted molar refractivity (Wildman–Crippen MR) is 52.7 cm³/mol. The van der Waals surface area contributed by atoms with Crippen LogP contribution in [0.15, 0.2) is 0 Å². The van der Waals surface area contributed by atoms with Crippen LogP contribution in [0.5, 0.6) is 0 Å². The molecular formula is C10H21NO2. The van der Waals surface area contributed by atoms with E-state index >= 15 is 0 Å². The minimum atomic E-state index is -0.294. The third-order valence-corrected chi connectivity index (χ3v) is 3.07. The van der Waals surface area contributed by atoms with Gasteiger partial charge in [-0.3, -0.25) is 0 Å². The number of nitrogens with one attached hydrogen (secondary N) is 1. The highest BCUT2D eigenvalue weighted by molar-refractivity contribution is 4.90. The van der Waals surface area contributed by atoms with Gasteiger partial charge < -0.3 is 15.2 Å². The molecule has 13 heavy (non-hydrogen) atoms. The second-order valence-corrected chi connectivity index (χ2v) is 4.28. The molecule has 0 heterocycles. The lowest BCUT2D eigenvalue weighted by Crippen LogP contribution is -2.55. The molecule has 0 spiro atoms. The molecule has 2 N–H and O–H groups in total. The van der Waals surface area contributed by atoms with E-state index in [-0.39, 0.29) is 18.2 Å². The molecule has 1 rings (SSSR count). The van der Waals surface area contributed by atoms with Gasteiger partial charge in [0.15, 0.2) is 0 Å². The standard InChI is InChI=1S/C10H21NO2/c1-8(13-3)10(2,7-12)11-6-9-4-5-9/h8-9,11-12H,4-7H2,1-3H3. The van der Waals surface area contributed by atoms with E-state index in [2.05, 4.69) is 5.32 Å². The highest BCUT2D eigenvalue weighted by Crippen LogP contribution is 2.28. The van der Waals surface area contributed by atoms with Crippen molar-refractivity contribution in [3.05, 3.63) is 0 Å². The van der Waals surface area contributed by atoms with Crippen molar-refractivity contribution in [2.75, 3.05) is 20.3 Å². The first-order chi connectivity index (χ1) is 6.12. The van der Waals surface area contributed by atoms with Crippen LogP contribution < -0.4 is 5.32 Å². The molecule has 0 aromatic heterocycles. The minimum Gasteiger partial charge on any atom is -0.394 e. The second kappa shape index (κ2) is 4.40. The molecule has 0 radical (unpaired) electrons. The average Bonchev–Trinajstić information content (AvgIpc) is 2.96. The van der Waals surface area contributed by atoms with Gasteiger partial charge in [-0.05, 0) is 39.2 Å². The van der Waals surface area contributed by atoms with Crippen molar-refractivity contribution >= 4 is 0 Å². The van der Waals surface area contributed by atoms with E-state index in [4.69, 9.17) is 4.74 Å². The molecule has 0 aromatic rings. The molecule has 0 bridgehead atoms. The van der Waals surface area contributed by atoms with Gasteiger partial charge in [-0.1, -0.05) is 0 Å². The number of methoxy groups -OCH3 is 1. The lowest BCUT2D eigenvalue weighted by Gasteiger charge is -2.34. The Kier molecular flexibility index (Phi) is 3.71. The van der Waals surface area contributed by atoms with Crippen molar-refractivity contribution in [3.63, 3.8) is 0 Å². The fourth-order valence-corrected chi connectivity index (χ4v) is 1.29. The van der Waals surface area contributed by atoms with E-state index in [1.54, 1.807) is 7.11 Å². The zero-order valence-electron chi connectivity index (χ0n) is 8.84. The van der Waals surface area contributed by atoms with Gasteiger partial charge in [0.1, 0.15) is 0 Å². The van der Waals surface area contributed by atoms with Crippen LogP contribution in [0.4, 0.5) is 0 Å². The minimum absolute atomic E-state index is 0.0382. The summed E-state index contributed by atoms with van der Waals surface area (Å²) < 4.78 is 5.24. The molecule has 2 unspecified atom stereocenters. The van der Waals surface area contributed by atoms with Crippen LogP contribution in [-0.2, 0) is 4.74 Å². The van der Waals surface area contributed by atoms with Gasteiger partial charge in [-0.2, -0.15) is 0 Å². The van der Waals surface area contributed by atoms with Gasteiger partial charge in [0.2, 0.25) is 0 Å². The van der Waals surface area contributed by atoms with Crippen LogP contribution in [-0.4, -0.2) is 37.0 Å². The number of aliphatic hydroxyl groups is 1. The third-order valence-electron chi connectivity index (χ3n) is 3.07. The lowest BCUT2D eigenvalue weighted by molar-refractivity contribution is 0.00775. The molecule has 1 saturated carbocycles. The summed E-state index contributed by atoms with van der Waals surface area (Å²) in [6.45, 7) is 5.11. The Labute approximate surface area is 80.5 Å². The topological polar surface area (TPSA) is 41.5 Å². The van der Waals surface area contributed by atoms with E-state index in [0.29, 0.717) is 0 Å². The molecular weight excluding hydrogens is 166 g/mol. The molecule has 1 aliphatic rings. The second-order valence-electron chi connectivity index (χ2n) is 4.28. The van der Waals surface area contributed by atoms with Crippen molar-refractivity contribution < 1.29 is 9.84 Å². The summed E-state index contributed by atoms with van der Waals surface area (Å²) in [4.78, 5) is 0. The van der Waals surface area contributed by atoms with E-state index in [9.17, 15) is 5.11 Å². The largest absolute Gasteiger partial charge is 0.394 e. The van der Waals surface area contributed by atoms with Gasteiger partial charge in [0.25, 0.3) is 0 Å². The van der Waals surface area contributed by atoms with E-state index in [1.807, 2.05) is 13.8 Å². The maximum atomic E-state index is 9.28. The summed E-state index contributed by atoms with van der Waals surface area (Å²) >= 11 is 0. The number of hydrogen-bond donors (Lipinski definition) is 2. The third kappa shape index (κ3) is 2.93. The first-order valence-electron chi connectivity index (χ1n) is 5.01. The van der Waals surface area contributed by atoms with Crippen LogP contribution in [0.2, 0.25) is 0 Å².